The molecule has 2 aromatic heterocycles. The topological polar surface area (TPSA) is 21.3 Å². The first kappa shape index (κ1) is 30.9. The Morgan fingerprint density at radius 3 is 2.11 bits per heavy atom. The molecular formula is C51H34N2OS. The first-order valence-corrected chi connectivity index (χ1v) is 19.7. The maximum atomic E-state index is 6.57. The summed E-state index contributed by atoms with van der Waals surface area (Å²) in [6.07, 6.45) is 0. The molecule has 0 radical (unpaired) electrons. The molecule has 0 atom stereocenters. The minimum atomic E-state index is -0.0206. The quantitative estimate of drug-likeness (QED) is 0.181. The molecule has 0 unspecified atom stereocenters. The van der Waals surface area contributed by atoms with Crippen molar-refractivity contribution in [1.29, 1.82) is 0 Å². The van der Waals surface area contributed by atoms with Crippen molar-refractivity contribution in [2.75, 3.05) is 4.90 Å². The third-order valence-corrected chi connectivity index (χ3v) is 13.1. The molecule has 0 spiro atoms. The van der Waals surface area contributed by atoms with Crippen LogP contribution in [0.2, 0.25) is 0 Å². The summed E-state index contributed by atoms with van der Waals surface area (Å²) >= 11 is 1.84. The van der Waals surface area contributed by atoms with Gasteiger partial charge in [0, 0.05) is 42.4 Å². The Morgan fingerprint density at radius 2 is 1.16 bits per heavy atom. The highest BCUT2D eigenvalue weighted by Crippen LogP contribution is 2.54. The Labute approximate surface area is 323 Å². The Balaban J connectivity index is 0.999. The summed E-state index contributed by atoms with van der Waals surface area (Å²) in [7, 11) is 0. The number of hydrogen-bond donors (Lipinski definition) is 0. The number of para-hydroxylation sites is 4. The number of rotatable bonds is 3. The minimum absolute atomic E-state index is 0.0206. The standard InChI is InChI=1S/C51H34N2OS/c1-51(2)40-16-6-3-12-34(40)38-30-33(24-25-41(38)51)52-42-17-7-4-13-35(42)39-28-31(22-26-43(39)52)32-23-27-45-49(29-32)55-48-21-10-8-18-44(48)53(45)46-19-11-15-37-36-14-5-9-20-47(36)54-50(37)46/h3-30H,1-2H3. The van der Waals surface area contributed by atoms with Crippen molar-refractivity contribution in [2.45, 2.75) is 29.1 Å². The van der Waals surface area contributed by atoms with Crippen molar-refractivity contribution in [1.82, 2.24) is 4.57 Å². The molecule has 3 nitrogen and oxygen atoms in total. The normalized spacial score (nSPS) is 14.0. The summed E-state index contributed by atoms with van der Waals surface area (Å²) in [6, 6.07) is 62.2. The van der Waals surface area contributed by atoms with Gasteiger partial charge in [-0.25, -0.2) is 0 Å². The van der Waals surface area contributed by atoms with Crippen LogP contribution in [0.3, 0.4) is 0 Å². The fourth-order valence-corrected chi connectivity index (χ4v) is 10.5. The lowest BCUT2D eigenvalue weighted by molar-refractivity contribution is 0.660. The average molecular weight is 723 g/mol. The molecule has 0 saturated carbocycles. The molecule has 0 amide bonds. The maximum Gasteiger partial charge on any atom is 0.159 e. The smallest absolute Gasteiger partial charge is 0.159 e. The molecule has 0 bridgehead atoms. The molecule has 0 saturated heterocycles. The van der Waals surface area contributed by atoms with Gasteiger partial charge in [-0.3, -0.25) is 0 Å². The van der Waals surface area contributed by atoms with Crippen molar-refractivity contribution in [3.05, 3.63) is 181 Å². The van der Waals surface area contributed by atoms with Gasteiger partial charge in [0.2, 0.25) is 0 Å². The van der Waals surface area contributed by atoms with E-state index in [1.54, 1.807) is 0 Å². The van der Waals surface area contributed by atoms with Crippen molar-refractivity contribution in [2.24, 2.45) is 0 Å². The number of fused-ring (bicyclic) bond motifs is 11. The van der Waals surface area contributed by atoms with E-state index < -0.39 is 0 Å². The highest BCUT2D eigenvalue weighted by atomic mass is 32.2. The molecular weight excluding hydrogens is 689 g/mol. The summed E-state index contributed by atoms with van der Waals surface area (Å²) in [4.78, 5) is 4.81. The molecule has 0 N–H and O–H groups in total. The summed E-state index contributed by atoms with van der Waals surface area (Å²) in [5.74, 6) is 0. The van der Waals surface area contributed by atoms with Gasteiger partial charge in [-0.2, -0.15) is 0 Å². The van der Waals surface area contributed by atoms with E-state index in [2.05, 4.69) is 187 Å². The molecule has 4 heteroatoms. The highest BCUT2D eigenvalue weighted by Gasteiger charge is 2.35. The van der Waals surface area contributed by atoms with Crippen molar-refractivity contribution in [3.8, 4) is 27.9 Å². The third kappa shape index (κ3) is 4.34. The molecule has 3 heterocycles. The van der Waals surface area contributed by atoms with Crippen LogP contribution in [-0.2, 0) is 5.41 Å². The predicted molar refractivity (Wildman–Crippen MR) is 230 cm³/mol. The Morgan fingerprint density at radius 1 is 0.473 bits per heavy atom. The lowest BCUT2D eigenvalue weighted by Crippen LogP contribution is -2.15. The zero-order valence-corrected chi connectivity index (χ0v) is 31.2. The van der Waals surface area contributed by atoms with E-state index in [-0.39, 0.29) is 5.41 Å². The van der Waals surface area contributed by atoms with Gasteiger partial charge < -0.3 is 13.9 Å². The number of anilines is 3. The van der Waals surface area contributed by atoms with Crippen molar-refractivity contribution >= 4 is 72.6 Å². The van der Waals surface area contributed by atoms with Crippen LogP contribution >= 0.6 is 11.8 Å². The van der Waals surface area contributed by atoms with E-state index in [1.807, 2.05) is 17.8 Å². The molecule has 10 aromatic rings. The second-order valence-corrected chi connectivity index (χ2v) is 16.4. The molecule has 1 aliphatic heterocycles. The van der Waals surface area contributed by atoms with E-state index in [1.165, 1.54) is 70.7 Å². The Hall–Kier alpha value is -6.49. The SMILES string of the molecule is CC1(C)c2ccccc2-c2cc(-n3c4ccccc4c4cc(-c5ccc6c(c5)Sc5ccccc5N6c5cccc6c5oc5ccccc56)ccc43)ccc21. The van der Waals surface area contributed by atoms with Crippen molar-refractivity contribution in [3.63, 3.8) is 0 Å². The van der Waals surface area contributed by atoms with Crippen LogP contribution in [0.1, 0.15) is 25.0 Å². The van der Waals surface area contributed by atoms with Crippen LogP contribution in [0.25, 0.3) is 71.7 Å². The first-order chi connectivity index (χ1) is 27.0. The monoisotopic (exact) mass is 722 g/mol. The number of hydrogen-bond acceptors (Lipinski definition) is 3. The second kappa shape index (κ2) is 11.3. The van der Waals surface area contributed by atoms with E-state index in [0.717, 1.165) is 39.0 Å². The van der Waals surface area contributed by atoms with Crippen LogP contribution in [0.5, 0.6) is 0 Å². The zero-order chi connectivity index (χ0) is 36.4. The van der Waals surface area contributed by atoms with Gasteiger partial charge in [-0.15, -0.1) is 0 Å². The maximum absolute atomic E-state index is 6.57. The second-order valence-electron chi connectivity index (χ2n) is 15.3. The average Bonchev–Trinajstić information content (AvgIpc) is 3.85. The lowest BCUT2D eigenvalue weighted by atomic mass is 9.82. The molecule has 55 heavy (non-hydrogen) atoms. The lowest BCUT2D eigenvalue weighted by Gasteiger charge is -2.33. The van der Waals surface area contributed by atoms with Crippen LogP contribution in [0, 0.1) is 0 Å². The molecule has 1 aliphatic carbocycles. The van der Waals surface area contributed by atoms with Crippen LogP contribution in [0.15, 0.2) is 184 Å². The van der Waals surface area contributed by atoms with Gasteiger partial charge in [0.05, 0.1) is 28.1 Å². The van der Waals surface area contributed by atoms with E-state index in [0.29, 0.717) is 0 Å². The Kier molecular flexibility index (Phi) is 6.33. The van der Waals surface area contributed by atoms with Gasteiger partial charge in [0.15, 0.2) is 5.58 Å². The predicted octanol–water partition coefficient (Wildman–Crippen LogP) is 14.6. The third-order valence-electron chi connectivity index (χ3n) is 12.0. The van der Waals surface area contributed by atoms with Crippen LogP contribution in [-0.4, -0.2) is 4.57 Å². The minimum Gasteiger partial charge on any atom is -0.454 e. The van der Waals surface area contributed by atoms with E-state index in [4.69, 9.17) is 4.42 Å². The highest BCUT2D eigenvalue weighted by molar-refractivity contribution is 7.99. The summed E-state index contributed by atoms with van der Waals surface area (Å²) < 4.78 is 9.01. The number of aromatic nitrogens is 1. The molecule has 0 fully saturated rings. The zero-order valence-electron chi connectivity index (χ0n) is 30.4. The van der Waals surface area contributed by atoms with Gasteiger partial charge >= 0.3 is 0 Å². The molecule has 8 aromatic carbocycles. The van der Waals surface area contributed by atoms with Crippen LogP contribution in [0.4, 0.5) is 17.1 Å². The number of nitrogens with zero attached hydrogens (tertiary/aromatic N) is 2. The van der Waals surface area contributed by atoms with Gasteiger partial charge in [0.25, 0.3) is 0 Å². The summed E-state index contributed by atoms with van der Waals surface area (Å²) in [5, 5.41) is 4.77. The largest absolute Gasteiger partial charge is 0.454 e. The Bertz CT molecular complexity index is 3240. The van der Waals surface area contributed by atoms with Gasteiger partial charge in [0.1, 0.15) is 5.58 Å². The fraction of sp³-hybridized carbons (Fsp3) is 0.0588. The number of benzene rings is 8. The van der Waals surface area contributed by atoms with Crippen molar-refractivity contribution < 1.29 is 4.42 Å². The van der Waals surface area contributed by atoms with Gasteiger partial charge in [-0.05, 0) is 100 Å². The van der Waals surface area contributed by atoms with E-state index in [9.17, 15) is 0 Å². The number of furan rings is 1. The fourth-order valence-electron chi connectivity index (χ4n) is 9.38. The molecule has 260 valence electrons. The van der Waals surface area contributed by atoms with Crippen LogP contribution < -0.4 is 4.90 Å². The summed E-state index contributed by atoms with van der Waals surface area (Å²) in [5.41, 5.74) is 16.6. The molecule has 2 aliphatic rings. The molecule has 12 rings (SSSR count). The first-order valence-electron chi connectivity index (χ1n) is 18.9. The summed E-state index contributed by atoms with van der Waals surface area (Å²) in [6.45, 7) is 4.69. The van der Waals surface area contributed by atoms with E-state index >= 15 is 0 Å². The van der Waals surface area contributed by atoms with Gasteiger partial charge in [-0.1, -0.05) is 129 Å².